The number of carbonyl (C=O) groups excluding carboxylic acids is 1. The van der Waals surface area contributed by atoms with Crippen molar-refractivity contribution in [3.05, 3.63) is 32.3 Å². The Bertz CT molecular complexity index is 515. The predicted octanol–water partition coefficient (Wildman–Crippen LogP) is 3.55. The molecule has 1 rings (SSSR count). The van der Waals surface area contributed by atoms with Gasteiger partial charge in [0.25, 0.3) is 0 Å². The molecule has 0 aromatic carbocycles. The minimum atomic E-state index is -0.470. The third-order valence-corrected chi connectivity index (χ3v) is 4.51. The maximum atomic E-state index is 11.9. The number of nitrogens with one attached hydrogen (secondary N) is 1. The highest BCUT2D eigenvalue weighted by Gasteiger charge is 2.24. The fourth-order valence-corrected chi connectivity index (χ4v) is 2.90. The molecule has 1 atom stereocenters. The van der Waals surface area contributed by atoms with Gasteiger partial charge in [-0.1, -0.05) is 25.9 Å². The molecule has 6 nitrogen and oxygen atoms in total. The van der Waals surface area contributed by atoms with Crippen LogP contribution in [-0.2, 0) is 14.9 Å². The molecular weight excluding hydrogens is 288 g/mol. The molecule has 0 amide bonds. The fraction of sp³-hybridized carbons (Fsp3) is 0.643. The third kappa shape index (κ3) is 5.38. The van der Waals surface area contributed by atoms with E-state index < -0.39 is 6.04 Å². The van der Waals surface area contributed by atoms with E-state index in [0.29, 0.717) is 19.5 Å². The van der Waals surface area contributed by atoms with E-state index in [2.05, 4.69) is 42.2 Å². The molecule has 1 heterocycles. The molecule has 7 heteroatoms. The van der Waals surface area contributed by atoms with Crippen LogP contribution in [0.15, 0.2) is 17.2 Å². The maximum Gasteiger partial charge on any atom is 0.328 e. The van der Waals surface area contributed by atoms with Crippen molar-refractivity contribution in [3.8, 4) is 0 Å². The van der Waals surface area contributed by atoms with Crippen molar-refractivity contribution in [3.63, 3.8) is 0 Å². The summed E-state index contributed by atoms with van der Waals surface area (Å²) in [6.45, 7) is 7.42. The maximum absolute atomic E-state index is 11.9. The highest BCUT2D eigenvalue weighted by atomic mass is 32.1. The topological polar surface area (TPSA) is 87.1 Å². The highest BCUT2D eigenvalue weighted by Crippen LogP contribution is 2.32. The van der Waals surface area contributed by atoms with Crippen molar-refractivity contribution in [2.24, 2.45) is 5.11 Å². The van der Waals surface area contributed by atoms with Gasteiger partial charge in [0.15, 0.2) is 0 Å². The van der Waals surface area contributed by atoms with Crippen molar-refractivity contribution in [1.82, 2.24) is 5.32 Å². The van der Waals surface area contributed by atoms with Crippen LogP contribution in [0.1, 0.15) is 43.0 Å². The Morgan fingerprint density at radius 2 is 2.24 bits per heavy atom. The van der Waals surface area contributed by atoms with Crippen LogP contribution in [0.3, 0.4) is 0 Å². The standard InChI is InChI=1S/C14H22N4O2S/c1-14(2,3)11-7-6-10(21-11)12(13(19)20-4)16-8-5-9-17-18-15/h6-7,12,16H,5,8-9H2,1-4H3. The van der Waals surface area contributed by atoms with Gasteiger partial charge in [0, 0.05) is 21.2 Å². The van der Waals surface area contributed by atoms with Gasteiger partial charge in [-0.15, -0.1) is 11.3 Å². The van der Waals surface area contributed by atoms with Crippen molar-refractivity contribution in [2.75, 3.05) is 20.2 Å². The van der Waals surface area contributed by atoms with Crippen molar-refractivity contribution in [2.45, 2.75) is 38.6 Å². The van der Waals surface area contributed by atoms with Crippen molar-refractivity contribution >= 4 is 17.3 Å². The number of azide groups is 1. The quantitative estimate of drug-likeness (QED) is 0.275. The third-order valence-electron chi connectivity index (χ3n) is 2.93. The first kappa shape index (κ1) is 17.5. The van der Waals surface area contributed by atoms with E-state index in [-0.39, 0.29) is 11.4 Å². The number of methoxy groups -OCH3 is 1. The Kier molecular flexibility index (Phi) is 6.68. The molecule has 1 N–H and O–H groups in total. The van der Waals surface area contributed by atoms with Gasteiger partial charge in [-0.05, 0) is 36.0 Å². The number of esters is 1. The molecule has 0 aliphatic heterocycles. The molecule has 0 saturated carbocycles. The summed E-state index contributed by atoms with van der Waals surface area (Å²) in [7, 11) is 1.38. The van der Waals surface area contributed by atoms with Crippen LogP contribution in [0.5, 0.6) is 0 Å². The van der Waals surface area contributed by atoms with Crippen LogP contribution >= 0.6 is 11.3 Å². The Morgan fingerprint density at radius 3 is 2.76 bits per heavy atom. The zero-order valence-corrected chi connectivity index (χ0v) is 13.7. The number of hydrogen-bond acceptors (Lipinski definition) is 5. The average Bonchev–Trinajstić information content (AvgIpc) is 2.91. The number of nitrogens with zero attached hydrogens (tertiary/aromatic N) is 3. The van der Waals surface area contributed by atoms with E-state index in [0.717, 1.165) is 4.88 Å². The normalized spacial score (nSPS) is 12.6. The van der Waals surface area contributed by atoms with Gasteiger partial charge in [-0.2, -0.15) is 0 Å². The van der Waals surface area contributed by atoms with Crippen molar-refractivity contribution in [1.29, 1.82) is 0 Å². The highest BCUT2D eigenvalue weighted by molar-refractivity contribution is 7.12. The number of rotatable bonds is 7. The fourth-order valence-electron chi connectivity index (χ4n) is 1.77. The molecule has 0 saturated heterocycles. The van der Waals surface area contributed by atoms with Gasteiger partial charge in [-0.25, -0.2) is 4.79 Å². The second kappa shape index (κ2) is 8.02. The molecule has 0 fully saturated rings. The molecule has 1 unspecified atom stereocenters. The summed E-state index contributed by atoms with van der Waals surface area (Å²) in [5.74, 6) is -0.305. The predicted molar refractivity (Wildman–Crippen MR) is 84.4 cm³/mol. The van der Waals surface area contributed by atoms with E-state index in [1.165, 1.54) is 12.0 Å². The molecule has 0 radical (unpaired) electrons. The van der Waals surface area contributed by atoms with Gasteiger partial charge in [-0.3, -0.25) is 0 Å². The van der Waals surface area contributed by atoms with Crippen LogP contribution < -0.4 is 5.32 Å². The molecule has 1 aromatic heterocycles. The first-order valence-corrected chi connectivity index (χ1v) is 7.64. The number of carbonyl (C=O) groups is 1. The summed E-state index contributed by atoms with van der Waals surface area (Å²) in [4.78, 5) is 16.8. The Balaban J connectivity index is 2.75. The van der Waals surface area contributed by atoms with Gasteiger partial charge < -0.3 is 10.1 Å². The molecule has 0 spiro atoms. The summed E-state index contributed by atoms with van der Waals surface area (Å²) in [6, 6.07) is 3.55. The number of thiophene rings is 1. The lowest BCUT2D eigenvalue weighted by Crippen LogP contribution is -2.30. The second-order valence-electron chi connectivity index (χ2n) is 5.67. The number of ether oxygens (including phenoxy) is 1. The molecule has 0 bridgehead atoms. The van der Waals surface area contributed by atoms with E-state index in [1.54, 1.807) is 11.3 Å². The van der Waals surface area contributed by atoms with Crippen LogP contribution in [0.2, 0.25) is 0 Å². The number of hydrogen-bond donors (Lipinski definition) is 1. The van der Waals surface area contributed by atoms with E-state index in [4.69, 9.17) is 10.3 Å². The molecular formula is C14H22N4O2S. The SMILES string of the molecule is COC(=O)C(NCCCN=[N+]=[N-])c1ccc(C(C)(C)C)s1. The van der Waals surface area contributed by atoms with Crippen LogP contribution in [0.4, 0.5) is 0 Å². The average molecular weight is 310 g/mol. The van der Waals surface area contributed by atoms with E-state index >= 15 is 0 Å². The smallest absolute Gasteiger partial charge is 0.328 e. The lowest BCUT2D eigenvalue weighted by molar-refractivity contribution is -0.143. The summed E-state index contributed by atoms with van der Waals surface area (Å²) >= 11 is 1.61. The van der Waals surface area contributed by atoms with E-state index in [9.17, 15) is 4.79 Å². The lowest BCUT2D eigenvalue weighted by atomic mass is 9.95. The molecule has 0 aliphatic carbocycles. The Hall–Kier alpha value is -1.56. The van der Waals surface area contributed by atoms with Gasteiger partial charge >= 0.3 is 5.97 Å². The van der Waals surface area contributed by atoms with Crippen LogP contribution in [0, 0.1) is 0 Å². The lowest BCUT2D eigenvalue weighted by Gasteiger charge is -2.17. The summed E-state index contributed by atoms with van der Waals surface area (Å²) < 4.78 is 4.86. The second-order valence-corrected chi connectivity index (χ2v) is 6.79. The van der Waals surface area contributed by atoms with Gasteiger partial charge in [0.2, 0.25) is 0 Å². The first-order valence-electron chi connectivity index (χ1n) is 6.82. The minimum Gasteiger partial charge on any atom is -0.468 e. The largest absolute Gasteiger partial charge is 0.468 e. The van der Waals surface area contributed by atoms with Crippen molar-refractivity contribution < 1.29 is 9.53 Å². The monoisotopic (exact) mass is 310 g/mol. The summed E-state index contributed by atoms with van der Waals surface area (Å²) in [5, 5.41) is 6.63. The van der Waals surface area contributed by atoms with Crippen LogP contribution in [0.25, 0.3) is 10.4 Å². The Morgan fingerprint density at radius 1 is 1.52 bits per heavy atom. The minimum absolute atomic E-state index is 0.0606. The zero-order chi connectivity index (χ0) is 15.9. The first-order chi connectivity index (χ1) is 9.90. The van der Waals surface area contributed by atoms with Gasteiger partial charge in [0.05, 0.1) is 7.11 Å². The molecule has 21 heavy (non-hydrogen) atoms. The summed E-state index contributed by atoms with van der Waals surface area (Å²) in [5.41, 5.74) is 8.28. The molecule has 0 aliphatic rings. The van der Waals surface area contributed by atoms with Gasteiger partial charge in [0.1, 0.15) is 6.04 Å². The molecule has 1 aromatic rings. The molecule has 116 valence electrons. The zero-order valence-electron chi connectivity index (χ0n) is 12.9. The van der Waals surface area contributed by atoms with E-state index in [1.807, 2.05) is 6.07 Å². The Labute approximate surface area is 129 Å². The van der Waals surface area contributed by atoms with Crippen LogP contribution in [-0.4, -0.2) is 26.2 Å². The summed E-state index contributed by atoms with van der Waals surface area (Å²) in [6.07, 6.45) is 0.676.